The zero-order chi connectivity index (χ0) is 17.6. The molecule has 6 nitrogen and oxygen atoms in total. The van der Waals surface area contributed by atoms with Crippen molar-refractivity contribution >= 4 is 22.4 Å². The molecule has 0 saturated heterocycles. The fourth-order valence-corrected chi connectivity index (χ4v) is 2.83. The van der Waals surface area contributed by atoms with Gasteiger partial charge in [-0.05, 0) is 24.3 Å². The van der Waals surface area contributed by atoms with Crippen LogP contribution in [0.5, 0.6) is 0 Å². The molecular formula is C18H13FN6. The second kappa shape index (κ2) is 5.46. The highest BCUT2D eigenvalue weighted by Crippen LogP contribution is 2.29. The maximum Gasteiger partial charge on any atom is 0.222 e. The number of nitrogen functional groups attached to an aromatic ring is 1. The highest BCUT2D eigenvalue weighted by molar-refractivity contribution is 5.81. The summed E-state index contributed by atoms with van der Waals surface area (Å²) in [4.78, 5) is 3.15. The van der Waals surface area contributed by atoms with Gasteiger partial charge in [0.1, 0.15) is 11.6 Å². The summed E-state index contributed by atoms with van der Waals surface area (Å²) in [7, 11) is 1.86. The third-order valence-electron chi connectivity index (χ3n) is 3.94. The molecule has 0 unspecified atom stereocenters. The van der Waals surface area contributed by atoms with Gasteiger partial charge in [-0.2, -0.15) is 10.2 Å². The van der Waals surface area contributed by atoms with Crippen LogP contribution >= 0.6 is 0 Å². The summed E-state index contributed by atoms with van der Waals surface area (Å²) in [5.74, 6) is -0.238. The maximum absolute atomic E-state index is 14.0. The van der Waals surface area contributed by atoms with Crippen molar-refractivity contribution in [2.75, 3.05) is 5.73 Å². The van der Waals surface area contributed by atoms with Gasteiger partial charge in [-0.3, -0.25) is 4.68 Å². The number of anilines is 1. The number of benzene rings is 2. The van der Waals surface area contributed by atoms with E-state index in [0.717, 1.165) is 16.6 Å². The van der Waals surface area contributed by atoms with Crippen LogP contribution in [0.4, 0.5) is 15.9 Å². The molecule has 7 heteroatoms. The van der Waals surface area contributed by atoms with Gasteiger partial charge in [0.05, 0.1) is 23.5 Å². The first-order valence-corrected chi connectivity index (χ1v) is 7.52. The average Bonchev–Trinajstić information content (AvgIpc) is 3.15. The zero-order valence-electron chi connectivity index (χ0n) is 13.3. The van der Waals surface area contributed by atoms with Crippen molar-refractivity contribution in [2.24, 2.45) is 7.05 Å². The highest BCUT2D eigenvalue weighted by Gasteiger charge is 2.13. The Morgan fingerprint density at radius 3 is 2.72 bits per heavy atom. The Balaban J connectivity index is 1.88. The lowest BCUT2D eigenvalue weighted by atomic mass is 10.1. The first-order valence-electron chi connectivity index (χ1n) is 7.52. The smallest absolute Gasteiger partial charge is 0.222 e. The number of nitrogens with zero attached hydrogens (tertiary/aromatic N) is 5. The van der Waals surface area contributed by atoms with Crippen molar-refractivity contribution in [1.82, 2.24) is 19.6 Å². The Morgan fingerprint density at radius 1 is 1.12 bits per heavy atom. The SMILES string of the molecule is [C-]#[N+]c1ccc(-c2cc(N)nn2-c2ccc3nn(C)cc3c2)cc1F. The van der Waals surface area contributed by atoms with Crippen LogP contribution in [0.2, 0.25) is 0 Å². The van der Waals surface area contributed by atoms with Gasteiger partial charge in [0.25, 0.3) is 0 Å². The summed E-state index contributed by atoms with van der Waals surface area (Å²) in [6.07, 6.45) is 1.91. The van der Waals surface area contributed by atoms with Crippen molar-refractivity contribution in [3.8, 4) is 16.9 Å². The molecule has 0 fully saturated rings. The molecule has 2 heterocycles. The summed E-state index contributed by atoms with van der Waals surface area (Å²) in [5.41, 5.74) is 8.78. The molecule has 2 aromatic heterocycles. The molecule has 0 aliphatic carbocycles. The van der Waals surface area contributed by atoms with Crippen LogP contribution in [0.25, 0.3) is 32.7 Å². The van der Waals surface area contributed by atoms with Gasteiger partial charge in [0.15, 0.2) is 0 Å². The van der Waals surface area contributed by atoms with E-state index < -0.39 is 5.82 Å². The van der Waals surface area contributed by atoms with Gasteiger partial charge < -0.3 is 5.73 Å². The van der Waals surface area contributed by atoms with Crippen molar-refractivity contribution in [3.63, 3.8) is 0 Å². The Labute approximate surface area is 142 Å². The van der Waals surface area contributed by atoms with E-state index in [9.17, 15) is 4.39 Å². The van der Waals surface area contributed by atoms with Crippen LogP contribution in [0.1, 0.15) is 0 Å². The molecule has 4 rings (SSSR count). The van der Waals surface area contributed by atoms with Gasteiger partial charge in [-0.1, -0.05) is 12.1 Å². The predicted octanol–water partition coefficient (Wildman–Crippen LogP) is 3.70. The van der Waals surface area contributed by atoms with Crippen molar-refractivity contribution < 1.29 is 4.39 Å². The number of hydrogen-bond acceptors (Lipinski definition) is 3. The van der Waals surface area contributed by atoms with E-state index in [-0.39, 0.29) is 5.69 Å². The monoisotopic (exact) mass is 332 g/mol. The standard InChI is InChI=1S/C18H13FN6/c1-21-16-5-3-11(8-14(16)19)17-9-18(20)23-25(17)13-4-6-15-12(7-13)10-24(2)22-15/h3-10H,2H3,(H2,20,23). The number of rotatable bonds is 2. The number of halogens is 1. The van der Waals surface area contributed by atoms with Gasteiger partial charge in [-0.25, -0.2) is 13.9 Å². The molecule has 25 heavy (non-hydrogen) atoms. The molecule has 0 atom stereocenters. The van der Waals surface area contributed by atoms with Crippen molar-refractivity contribution in [1.29, 1.82) is 0 Å². The lowest BCUT2D eigenvalue weighted by Gasteiger charge is -2.08. The second-order valence-electron chi connectivity index (χ2n) is 5.69. The van der Waals surface area contributed by atoms with Crippen LogP contribution in [0.3, 0.4) is 0 Å². The lowest BCUT2D eigenvalue weighted by Crippen LogP contribution is -2.00. The van der Waals surface area contributed by atoms with Crippen LogP contribution < -0.4 is 5.73 Å². The van der Waals surface area contributed by atoms with Gasteiger partial charge >= 0.3 is 0 Å². The first-order chi connectivity index (χ1) is 12.0. The summed E-state index contributed by atoms with van der Waals surface area (Å²) in [6.45, 7) is 6.96. The molecule has 0 radical (unpaired) electrons. The van der Waals surface area contributed by atoms with Gasteiger partial charge in [0.2, 0.25) is 5.69 Å². The summed E-state index contributed by atoms with van der Waals surface area (Å²) >= 11 is 0. The van der Waals surface area contributed by atoms with Gasteiger partial charge in [-0.15, -0.1) is 0 Å². The van der Waals surface area contributed by atoms with E-state index in [1.165, 1.54) is 12.1 Å². The molecular weight excluding hydrogens is 319 g/mol. The topological polar surface area (TPSA) is 66.0 Å². The molecule has 122 valence electrons. The van der Waals surface area contributed by atoms with Gasteiger partial charge in [0, 0.05) is 30.3 Å². The van der Waals surface area contributed by atoms with Crippen LogP contribution in [0, 0.1) is 12.4 Å². The number of hydrogen-bond donors (Lipinski definition) is 1. The normalized spacial score (nSPS) is 10.9. The Morgan fingerprint density at radius 2 is 1.96 bits per heavy atom. The molecule has 0 amide bonds. The minimum atomic E-state index is -0.568. The van der Waals surface area contributed by atoms with E-state index in [1.807, 2.05) is 31.4 Å². The molecule has 0 aliphatic heterocycles. The van der Waals surface area contributed by atoms with Crippen molar-refractivity contribution in [3.05, 3.63) is 65.9 Å². The number of aryl methyl sites for hydroxylation is 1. The molecule has 0 bridgehead atoms. The summed E-state index contributed by atoms with van der Waals surface area (Å²) < 4.78 is 17.4. The second-order valence-corrected chi connectivity index (χ2v) is 5.69. The van der Waals surface area contributed by atoms with Crippen LogP contribution in [0.15, 0.2) is 48.7 Å². The third-order valence-corrected chi connectivity index (χ3v) is 3.94. The first kappa shape index (κ1) is 14.9. The van der Waals surface area contributed by atoms with Crippen molar-refractivity contribution in [2.45, 2.75) is 0 Å². The maximum atomic E-state index is 14.0. The van der Waals surface area contributed by atoms with Crippen LogP contribution in [-0.4, -0.2) is 19.6 Å². The molecule has 0 saturated carbocycles. The Kier molecular flexibility index (Phi) is 3.25. The fraction of sp³-hybridized carbons (Fsp3) is 0.0556. The largest absolute Gasteiger partial charge is 0.382 e. The number of fused-ring (bicyclic) bond motifs is 1. The highest BCUT2D eigenvalue weighted by atomic mass is 19.1. The average molecular weight is 332 g/mol. The molecule has 2 N–H and O–H groups in total. The molecule has 0 spiro atoms. The van der Waals surface area contributed by atoms with Crippen LogP contribution in [-0.2, 0) is 7.05 Å². The fourth-order valence-electron chi connectivity index (χ4n) is 2.83. The summed E-state index contributed by atoms with van der Waals surface area (Å²) in [6, 6.07) is 11.9. The molecule has 2 aromatic carbocycles. The molecule has 4 aromatic rings. The number of nitrogens with two attached hydrogens (primary N) is 1. The van der Waals surface area contributed by atoms with E-state index in [2.05, 4.69) is 15.0 Å². The van der Waals surface area contributed by atoms with E-state index in [0.29, 0.717) is 17.1 Å². The Bertz CT molecular complexity index is 1150. The summed E-state index contributed by atoms with van der Waals surface area (Å²) in [5, 5.41) is 9.64. The Hall–Kier alpha value is -3.66. The molecule has 0 aliphatic rings. The van der Waals surface area contributed by atoms with E-state index in [4.69, 9.17) is 12.3 Å². The van der Waals surface area contributed by atoms with E-state index >= 15 is 0 Å². The predicted molar refractivity (Wildman–Crippen MR) is 93.9 cm³/mol. The number of aromatic nitrogens is 4. The minimum absolute atomic E-state index is 0.0143. The minimum Gasteiger partial charge on any atom is -0.382 e. The third kappa shape index (κ3) is 2.50. The zero-order valence-corrected chi connectivity index (χ0v) is 13.3. The lowest BCUT2D eigenvalue weighted by molar-refractivity contribution is 0.634. The quantitative estimate of drug-likeness (QED) is 0.569. The van der Waals surface area contributed by atoms with E-state index in [1.54, 1.807) is 21.5 Å².